The second kappa shape index (κ2) is 9.17. The smallest absolute Gasteiger partial charge is 0.299 e. The van der Waals surface area contributed by atoms with E-state index in [2.05, 4.69) is 27.5 Å². The molecule has 4 aromatic rings. The van der Waals surface area contributed by atoms with Crippen LogP contribution in [-0.2, 0) is 24.2 Å². The van der Waals surface area contributed by atoms with E-state index in [9.17, 15) is 9.59 Å². The quantitative estimate of drug-likeness (QED) is 0.452. The number of hydrogen-bond acceptors (Lipinski definition) is 7. The van der Waals surface area contributed by atoms with Gasteiger partial charge in [-0.1, -0.05) is 41.5 Å². The van der Waals surface area contributed by atoms with Crippen molar-refractivity contribution in [2.45, 2.75) is 46.6 Å². The standard InChI is InChI=1S/C23H25N5O4/c1-4-16-5-7-17(8-6-16)20-21-22(32-27-20)23(30)28(13-25-21)12-10-19(29)24-11-9-18-14(2)26-31-15(18)3/h5-8,13H,4,9-12H2,1-3H3,(H,24,29). The Morgan fingerprint density at radius 1 is 1.12 bits per heavy atom. The third-order valence-corrected chi connectivity index (χ3v) is 5.54. The number of aromatic nitrogens is 4. The maximum Gasteiger partial charge on any atom is 0.299 e. The van der Waals surface area contributed by atoms with Crippen molar-refractivity contribution in [2.75, 3.05) is 6.54 Å². The van der Waals surface area contributed by atoms with E-state index in [1.54, 1.807) is 0 Å². The molecule has 0 saturated heterocycles. The molecule has 0 aliphatic heterocycles. The molecule has 0 bridgehead atoms. The average molecular weight is 435 g/mol. The monoisotopic (exact) mass is 435 g/mol. The van der Waals surface area contributed by atoms with Crippen molar-refractivity contribution in [1.82, 2.24) is 25.2 Å². The first-order valence-corrected chi connectivity index (χ1v) is 10.6. The molecule has 0 radical (unpaired) electrons. The highest BCUT2D eigenvalue weighted by Gasteiger charge is 2.17. The van der Waals surface area contributed by atoms with Gasteiger partial charge in [0.1, 0.15) is 17.0 Å². The van der Waals surface area contributed by atoms with Gasteiger partial charge in [-0.3, -0.25) is 14.2 Å². The Kier molecular flexibility index (Phi) is 6.16. The van der Waals surface area contributed by atoms with E-state index in [4.69, 9.17) is 9.05 Å². The lowest BCUT2D eigenvalue weighted by atomic mass is 10.1. The van der Waals surface area contributed by atoms with Crippen LogP contribution in [0.25, 0.3) is 22.4 Å². The van der Waals surface area contributed by atoms with Crippen molar-refractivity contribution in [1.29, 1.82) is 0 Å². The highest BCUT2D eigenvalue weighted by atomic mass is 16.5. The van der Waals surface area contributed by atoms with Gasteiger partial charge in [0.2, 0.25) is 5.91 Å². The highest BCUT2D eigenvalue weighted by molar-refractivity contribution is 5.87. The SMILES string of the molecule is CCc1ccc(-c2noc3c(=O)n(CCC(=O)NCCc4c(C)noc4C)cnc23)cc1. The van der Waals surface area contributed by atoms with E-state index in [-0.39, 0.29) is 30.0 Å². The number of amides is 1. The zero-order valence-corrected chi connectivity index (χ0v) is 18.3. The van der Waals surface area contributed by atoms with Gasteiger partial charge in [0.25, 0.3) is 11.1 Å². The Morgan fingerprint density at radius 3 is 2.59 bits per heavy atom. The molecule has 4 rings (SSSR count). The van der Waals surface area contributed by atoms with Crippen LogP contribution < -0.4 is 10.9 Å². The fourth-order valence-corrected chi connectivity index (χ4v) is 3.60. The lowest BCUT2D eigenvalue weighted by Crippen LogP contribution is -2.29. The van der Waals surface area contributed by atoms with Crippen LogP contribution in [0, 0.1) is 13.8 Å². The van der Waals surface area contributed by atoms with Crippen molar-refractivity contribution in [3.63, 3.8) is 0 Å². The van der Waals surface area contributed by atoms with E-state index < -0.39 is 0 Å². The second-order valence-corrected chi connectivity index (χ2v) is 7.66. The molecule has 0 saturated carbocycles. The number of nitrogens with one attached hydrogen (secondary N) is 1. The van der Waals surface area contributed by atoms with Gasteiger partial charge < -0.3 is 14.4 Å². The summed E-state index contributed by atoms with van der Waals surface area (Å²) in [5.74, 6) is 0.605. The van der Waals surface area contributed by atoms with Gasteiger partial charge in [-0.15, -0.1) is 0 Å². The maximum atomic E-state index is 12.8. The molecule has 9 nitrogen and oxygen atoms in total. The summed E-state index contributed by atoms with van der Waals surface area (Å²) in [4.78, 5) is 29.4. The predicted molar refractivity (Wildman–Crippen MR) is 118 cm³/mol. The maximum absolute atomic E-state index is 12.8. The van der Waals surface area contributed by atoms with Crippen molar-refractivity contribution in [3.05, 3.63) is 63.5 Å². The summed E-state index contributed by atoms with van der Waals surface area (Å²) in [6.07, 6.45) is 3.16. The normalized spacial score (nSPS) is 11.2. The summed E-state index contributed by atoms with van der Waals surface area (Å²) >= 11 is 0. The zero-order valence-electron chi connectivity index (χ0n) is 18.3. The Morgan fingerprint density at radius 2 is 1.91 bits per heavy atom. The molecule has 1 N–H and O–H groups in total. The molecule has 9 heteroatoms. The number of benzene rings is 1. The fourth-order valence-electron chi connectivity index (χ4n) is 3.60. The number of carbonyl (C=O) groups excluding carboxylic acids is 1. The zero-order chi connectivity index (χ0) is 22.7. The van der Waals surface area contributed by atoms with Gasteiger partial charge in [0.05, 0.1) is 12.0 Å². The van der Waals surface area contributed by atoms with Crippen molar-refractivity contribution in [3.8, 4) is 11.3 Å². The van der Waals surface area contributed by atoms with E-state index in [0.29, 0.717) is 24.2 Å². The Labute approximate surface area is 184 Å². The molecular formula is C23H25N5O4. The van der Waals surface area contributed by atoms with E-state index in [1.165, 1.54) is 16.5 Å². The summed E-state index contributed by atoms with van der Waals surface area (Å²) < 4.78 is 11.8. The number of nitrogens with zero attached hydrogens (tertiary/aromatic N) is 4. The first-order chi connectivity index (χ1) is 15.5. The van der Waals surface area contributed by atoms with Gasteiger partial charge in [0, 0.05) is 30.6 Å². The molecule has 1 amide bonds. The van der Waals surface area contributed by atoms with Crippen LogP contribution in [0.1, 0.15) is 35.9 Å². The van der Waals surface area contributed by atoms with Crippen LogP contribution in [0.3, 0.4) is 0 Å². The summed E-state index contributed by atoms with van der Waals surface area (Å²) in [5, 5.41) is 10.8. The van der Waals surface area contributed by atoms with Crippen LogP contribution in [0.15, 0.2) is 44.4 Å². The van der Waals surface area contributed by atoms with Crippen LogP contribution in [0.4, 0.5) is 0 Å². The topological polar surface area (TPSA) is 116 Å². The molecule has 3 heterocycles. The number of hydrogen-bond donors (Lipinski definition) is 1. The minimum absolute atomic E-state index is 0.0842. The van der Waals surface area contributed by atoms with Gasteiger partial charge in [-0.05, 0) is 32.3 Å². The second-order valence-electron chi connectivity index (χ2n) is 7.66. The van der Waals surface area contributed by atoms with Crippen LogP contribution >= 0.6 is 0 Å². The Hall–Kier alpha value is -3.75. The lowest BCUT2D eigenvalue weighted by molar-refractivity contribution is -0.121. The van der Waals surface area contributed by atoms with E-state index >= 15 is 0 Å². The first-order valence-electron chi connectivity index (χ1n) is 10.6. The molecule has 3 aromatic heterocycles. The fraction of sp³-hybridized carbons (Fsp3) is 0.348. The summed E-state index contributed by atoms with van der Waals surface area (Å²) in [6, 6.07) is 7.91. The van der Waals surface area contributed by atoms with Gasteiger partial charge in [0.15, 0.2) is 0 Å². The third kappa shape index (κ3) is 4.32. The average Bonchev–Trinajstić information content (AvgIpc) is 3.37. The Bertz CT molecular complexity index is 1280. The minimum Gasteiger partial charge on any atom is -0.361 e. The molecule has 166 valence electrons. The van der Waals surface area contributed by atoms with Crippen LogP contribution in [0.5, 0.6) is 0 Å². The summed E-state index contributed by atoms with van der Waals surface area (Å²) in [6.45, 7) is 6.47. The largest absolute Gasteiger partial charge is 0.361 e. The van der Waals surface area contributed by atoms with Gasteiger partial charge in [-0.25, -0.2) is 4.98 Å². The molecule has 32 heavy (non-hydrogen) atoms. The van der Waals surface area contributed by atoms with E-state index in [0.717, 1.165) is 29.0 Å². The van der Waals surface area contributed by atoms with Gasteiger partial charge in [-0.2, -0.15) is 0 Å². The lowest BCUT2D eigenvalue weighted by Gasteiger charge is -2.07. The summed E-state index contributed by atoms with van der Waals surface area (Å²) in [7, 11) is 0. The molecular weight excluding hydrogens is 410 g/mol. The molecule has 0 fully saturated rings. The number of aryl methyl sites for hydroxylation is 4. The number of carbonyl (C=O) groups is 1. The number of fused-ring (bicyclic) bond motifs is 1. The third-order valence-electron chi connectivity index (χ3n) is 5.54. The minimum atomic E-state index is -0.359. The molecule has 0 unspecified atom stereocenters. The molecule has 0 atom stereocenters. The van der Waals surface area contributed by atoms with Crippen LogP contribution in [-0.4, -0.2) is 32.3 Å². The Balaban J connectivity index is 1.40. The predicted octanol–water partition coefficient (Wildman–Crippen LogP) is 2.97. The first kappa shape index (κ1) is 21.5. The molecule has 0 spiro atoms. The van der Waals surface area contributed by atoms with Crippen LogP contribution in [0.2, 0.25) is 0 Å². The summed E-state index contributed by atoms with van der Waals surface area (Å²) in [5.41, 5.74) is 4.55. The van der Waals surface area contributed by atoms with Gasteiger partial charge >= 0.3 is 0 Å². The van der Waals surface area contributed by atoms with Crippen molar-refractivity contribution < 1.29 is 13.8 Å². The molecule has 1 aromatic carbocycles. The van der Waals surface area contributed by atoms with Crippen molar-refractivity contribution in [2.24, 2.45) is 0 Å². The van der Waals surface area contributed by atoms with Crippen molar-refractivity contribution >= 4 is 17.0 Å². The number of rotatable bonds is 8. The van der Waals surface area contributed by atoms with E-state index in [1.807, 2.05) is 38.1 Å². The highest BCUT2D eigenvalue weighted by Crippen LogP contribution is 2.24. The molecule has 0 aliphatic rings. The molecule has 0 aliphatic carbocycles.